The van der Waals surface area contributed by atoms with Crippen LogP contribution < -0.4 is 5.32 Å². The molecule has 0 aliphatic carbocycles. The van der Waals surface area contributed by atoms with E-state index in [2.05, 4.69) is 10.3 Å². The molecule has 1 atom stereocenters. The third kappa shape index (κ3) is 2.74. The normalized spacial score (nSPS) is 18.5. The van der Waals surface area contributed by atoms with Crippen molar-refractivity contribution in [2.24, 2.45) is 7.05 Å². The van der Waals surface area contributed by atoms with Gasteiger partial charge in [-0.3, -0.25) is 4.79 Å². The Bertz CT molecular complexity index is 697. The van der Waals surface area contributed by atoms with E-state index in [-0.39, 0.29) is 11.9 Å². The van der Waals surface area contributed by atoms with Gasteiger partial charge in [-0.05, 0) is 24.6 Å². The highest BCUT2D eigenvalue weighted by Gasteiger charge is 2.31. The second kappa shape index (κ2) is 6.10. The maximum absolute atomic E-state index is 12.9. The van der Waals surface area contributed by atoms with Crippen LogP contribution in [0, 0.1) is 6.92 Å². The van der Waals surface area contributed by atoms with Crippen molar-refractivity contribution in [2.45, 2.75) is 13.0 Å². The number of aryl methyl sites for hydroxylation is 2. The molecule has 0 bridgehead atoms. The Kier molecular flexibility index (Phi) is 4.18. The van der Waals surface area contributed by atoms with E-state index in [1.165, 1.54) is 0 Å². The van der Waals surface area contributed by atoms with Crippen LogP contribution in [-0.2, 0) is 7.05 Å². The first-order valence-corrected chi connectivity index (χ1v) is 7.71. The molecule has 1 aliphatic heterocycles. The number of piperazine rings is 1. The van der Waals surface area contributed by atoms with Gasteiger partial charge < -0.3 is 14.8 Å². The van der Waals surface area contributed by atoms with E-state index < -0.39 is 0 Å². The molecule has 1 aromatic carbocycles. The van der Waals surface area contributed by atoms with Crippen LogP contribution in [0.5, 0.6) is 0 Å². The Labute approximate surface area is 134 Å². The Balaban J connectivity index is 1.91. The molecule has 5 nitrogen and oxygen atoms in total. The van der Waals surface area contributed by atoms with Crippen molar-refractivity contribution in [3.63, 3.8) is 0 Å². The molecule has 1 unspecified atom stereocenters. The lowest BCUT2D eigenvalue weighted by Crippen LogP contribution is -2.49. The molecule has 0 radical (unpaired) electrons. The molecule has 22 heavy (non-hydrogen) atoms. The highest BCUT2D eigenvalue weighted by molar-refractivity contribution is 6.31. The molecule has 1 amide bonds. The summed E-state index contributed by atoms with van der Waals surface area (Å²) in [6.45, 7) is 4.07. The summed E-state index contributed by atoms with van der Waals surface area (Å²) >= 11 is 6.16. The van der Waals surface area contributed by atoms with Crippen LogP contribution in [0.25, 0.3) is 0 Å². The second-order valence-electron chi connectivity index (χ2n) is 5.58. The number of aromatic nitrogens is 2. The van der Waals surface area contributed by atoms with Crippen LogP contribution >= 0.6 is 11.6 Å². The van der Waals surface area contributed by atoms with Crippen LogP contribution in [0.1, 0.15) is 27.8 Å². The molecule has 1 N–H and O–H groups in total. The maximum Gasteiger partial charge on any atom is 0.254 e. The summed E-state index contributed by atoms with van der Waals surface area (Å²) in [6.07, 6.45) is 3.66. The molecule has 6 heteroatoms. The zero-order valence-electron chi connectivity index (χ0n) is 12.7. The number of rotatable bonds is 2. The van der Waals surface area contributed by atoms with Gasteiger partial charge in [0.2, 0.25) is 0 Å². The summed E-state index contributed by atoms with van der Waals surface area (Å²) < 4.78 is 1.96. The minimum Gasteiger partial charge on any atom is -0.336 e. The van der Waals surface area contributed by atoms with E-state index in [0.29, 0.717) is 23.7 Å². The fraction of sp³-hybridized carbons (Fsp3) is 0.375. The van der Waals surface area contributed by atoms with Crippen molar-refractivity contribution in [3.8, 4) is 0 Å². The van der Waals surface area contributed by atoms with Crippen molar-refractivity contribution in [1.82, 2.24) is 19.8 Å². The fourth-order valence-corrected chi connectivity index (χ4v) is 2.95. The van der Waals surface area contributed by atoms with Crippen molar-refractivity contribution in [2.75, 3.05) is 19.6 Å². The van der Waals surface area contributed by atoms with E-state index in [0.717, 1.165) is 17.9 Å². The number of imidazole rings is 1. The van der Waals surface area contributed by atoms with Crippen molar-refractivity contribution in [1.29, 1.82) is 0 Å². The summed E-state index contributed by atoms with van der Waals surface area (Å²) in [5.41, 5.74) is 1.59. The summed E-state index contributed by atoms with van der Waals surface area (Å²) in [5.74, 6) is 0.884. The van der Waals surface area contributed by atoms with E-state index in [1.807, 2.05) is 41.8 Å². The van der Waals surface area contributed by atoms with Crippen LogP contribution in [-0.4, -0.2) is 40.0 Å². The minimum atomic E-state index is -0.0682. The first-order valence-electron chi connectivity index (χ1n) is 7.33. The van der Waals surface area contributed by atoms with Crippen molar-refractivity contribution in [3.05, 3.63) is 52.6 Å². The van der Waals surface area contributed by atoms with Gasteiger partial charge in [-0.1, -0.05) is 17.7 Å². The van der Waals surface area contributed by atoms with E-state index in [1.54, 1.807) is 12.3 Å². The Hall–Kier alpha value is -1.85. The average molecular weight is 319 g/mol. The van der Waals surface area contributed by atoms with Crippen LogP contribution in [0.4, 0.5) is 0 Å². The average Bonchev–Trinajstić information content (AvgIpc) is 2.95. The first kappa shape index (κ1) is 15.1. The van der Waals surface area contributed by atoms with Gasteiger partial charge in [0.05, 0.1) is 0 Å². The molecule has 3 rings (SSSR count). The Morgan fingerprint density at radius 1 is 1.45 bits per heavy atom. The number of nitrogens with zero attached hydrogens (tertiary/aromatic N) is 3. The van der Waals surface area contributed by atoms with E-state index in [9.17, 15) is 4.79 Å². The molecule has 2 heterocycles. The quantitative estimate of drug-likeness (QED) is 0.923. The highest BCUT2D eigenvalue weighted by atomic mass is 35.5. The third-order valence-corrected chi connectivity index (χ3v) is 4.49. The van der Waals surface area contributed by atoms with Gasteiger partial charge in [-0.2, -0.15) is 0 Å². The number of amides is 1. The molecule has 2 aromatic rings. The molecule has 1 saturated heterocycles. The largest absolute Gasteiger partial charge is 0.336 e. The first-order chi connectivity index (χ1) is 10.6. The zero-order chi connectivity index (χ0) is 15.7. The van der Waals surface area contributed by atoms with Gasteiger partial charge in [-0.25, -0.2) is 4.98 Å². The van der Waals surface area contributed by atoms with Crippen LogP contribution in [0.15, 0.2) is 30.6 Å². The van der Waals surface area contributed by atoms with Gasteiger partial charge >= 0.3 is 0 Å². The summed E-state index contributed by atoms with van der Waals surface area (Å²) in [4.78, 5) is 19.2. The number of hydrogen-bond acceptors (Lipinski definition) is 3. The monoisotopic (exact) mass is 318 g/mol. The molecule has 0 saturated carbocycles. The standard InChI is InChI=1S/C16H19ClN4O/c1-11-3-4-12(9-13(11)17)16(22)21-8-5-18-10-14(21)15-19-6-7-20(15)2/h3-4,6-7,9,14,18H,5,8,10H2,1-2H3. The summed E-state index contributed by atoms with van der Waals surface area (Å²) in [7, 11) is 1.95. The molecule has 0 spiro atoms. The van der Waals surface area contributed by atoms with Gasteiger partial charge in [0.1, 0.15) is 11.9 Å². The number of hydrogen-bond donors (Lipinski definition) is 1. The third-order valence-electron chi connectivity index (χ3n) is 4.08. The van der Waals surface area contributed by atoms with Gasteiger partial charge in [0.15, 0.2) is 0 Å². The van der Waals surface area contributed by atoms with Gasteiger partial charge in [-0.15, -0.1) is 0 Å². The SMILES string of the molecule is Cc1ccc(C(=O)N2CCNCC2c2nccn2C)cc1Cl. The highest BCUT2D eigenvalue weighted by Crippen LogP contribution is 2.24. The number of nitrogens with one attached hydrogen (secondary N) is 1. The predicted octanol–water partition coefficient (Wildman–Crippen LogP) is 2.17. The number of halogens is 1. The lowest BCUT2D eigenvalue weighted by molar-refractivity contribution is 0.0621. The molecule has 116 valence electrons. The predicted molar refractivity (Wildman–Crippen MR) is 86.0 cm³/mol. The lowest BCUT2D eigenvalue weighted by Gasteiger charge is -2.35. The van der Waals surface area contributed by atoms with E-state index in [4.69, 9.17) is 11.6 Å². The number of carbonyl (C=O) groups is 1. The Morgan fingerprint density at radius 2 is 2.27 bits per heavy atom. The van der Waals surface area contributed by atoms with Gasteiger partial charge in [0.25, 0.3) is 5.91 Å². The Morgan fingerprint density at radius 3 is 2.95 bits per heavy atom. The smallest absolute Gasteiger partial charge is 0.254 e. The topological polar surface area (TPSA) is 50.2 Å². The number of benzene rings is 1. The minimum absolute atomic E-state index is 0.00333. The van der Waals surface area contributed by atoms with Crippen molar-refractivity contribution >= 4 is 17.5 Å². The molecular weight excluding hydrogens is 300 g/mol. The van der Waals surface area contributed by atoms with Crippen LogP contribution in [0.3, 0.4) is 0 Å². The molecular formula is C16H19ClN4O. The molecule has 1 aliphatic rings. The summed E-state index contributed by atoms with van der Waals surface area (Å²) in [6, 6.07) is 5.40. The number of carbonyl (C=O) groups excluding carboxylic acids is 1. The van der Waals surface area contributed by atoms with E-state index >= 15 is 0 Å². The fourth-order valence-electron chi connectivity index (χ4n) is 2.77. The second-order valence-corrected chi connectivity index (χ2v) is 5.99. The molecule has 1 aromatic heterocycles. The van der Waals surface area contributed by atoms with Crippen molar-refractivity contribution < 1.29 is 4.79 Å². The summed E-state index contributed by atoms with van der Waals surface area (Å²) in [5, 5.41) is 3.95. The van der Waals surface area contributed by atoms with Crippen LogP contribution in [0.2, 0.25) is 5.02 Å². The zero-order valence-corrected chi connectivity index (χ0v) is 13.5. The lowest BCUT2D eigenvalue weighted by atomic mass is 10.1. The van der Waals surface area contributed by atoms with Gasteiger partial charge in [0, 0.05) is 49.7 Å². The maximum atomic E-state index is 12.9. The molecule has 1 fully saturated rings.